The van der Waals surface area contributed by atoms with Gasteiger partial charge in [0.05, 0.1) is 18.8 Å². The van der Waals surface area contributed by atoms with Gasteiger partial charge in [0, 0.05) is 6.42 Å². The maximum Gasteiger partial charge on any atom is 0.220 e. The summed E-state index contributed by atoms with van der Waals surface area (Å²) in [7, 11) is 0. The summed E-state index contributed by atoms with van der Waals surface area (Å²) in [5, 5.41) is 22.7. The van der Waals surface area contributed by atoms with Gasteiger partial charge in [-0.25, -0.2) is 0 Å². The van der Waals surface area contributed by atoms with E-state index < -0.39 is 12.1 Å². The van der Waals surface area contributed by atoms with Gasteiger partial charge in [-0.1, -0.05) is 217 Å². The van der Waals surface area contributed by atoms with Crippen molar-refractivity contribution in [1.82, 2.24) is 5.32 Å². The molecule has 0 saturated carbocycles. The quantitative estimate of drug-likeness (QED) is 0.0440. The zero-order valence-corrected chi connectivity index (χ0v) is 33.7. The first-order chi connectivity index (χ1) is 24.7. The minimum atomic E-state index is -0.865. The van der Waals surface area contributed by atoms with Gasteiger partial charge >= 0.3 is 0 Å². The average molecular weight is 702 g/mol. The fraction of sp³-hybridized carbons (Fsp3) is 0.848. The average Bonchev–Trinajstić information content (AvgIpc) is 3.12. The SMILES string of the molecule is CCCCCCCCCCCCCCCCCCCCCCCC/C=C/CC/C=C/CC/C=C/C(O)C(CO)NC(=O)CCCCCCCC. The molecule has 0 aromatic heterocycles. The third-order valence-corrected chi connectivity index (χ3v) is 10.1. The Morgan fingerprint density at radius 1 is 0.460 bits per heavy atom. The van der Waals surface area contributed by atoms with Gasteiger partial charge in [-0.05, 0) is 44.9 Å². The first-order valence-corrected chi connectivity index (χ1v) is 22.2. The molecule has 0 heterocycles. The lowest BCUT2D eigenvalue weighted by Gasteiger charge is -2.19. The van der Waals surface area contributed by atoms with E-state index in [0.29, 0.717) is 6.42 Å². The number of allylic oxidation sites excluding steroid dienone is 5. The van der Waals surface area contributed by atoms with Crippen molar-refractivity contribution in [3.05, 3.63) is 36.5 Å². The molecule has 2 atom stereocenters. The normalized spacial score (nSPS) is 13.3. The van der Waals surface area contributed by atoms with Crippen molar-refractivity contribution in [1.29, 1.82) is 0 Å². The van der Waals surface area contributed by atoms with Crippen molar-refractivity contribution >= 4 is 5.91 Å². The molecular weight excluding hydrogens is 615 g/mol. The van der Waals surface area contributed by atoms with Gasteiger partial charge in [0.25, 0.3) is 0 Å². The fourth-order valence-electron chi connectivity index (χ4n) is 6.68. The van der Waals surface area contributed by atoms with Crippen LogP contribution in [-0.2, 0) is 4.79 Å². The van der Waals surface area contributed by atoms with E-state index in [4.69, 9.17) is 0 Å². The molecular formula is C46H87NO3. The molecule has 0 aliphatic heterocycles. The molecule has 4 nitrogen and oxygen atoms in total. The van der Waals surface area contributed by atoms with Crippen molar-refractivity contribution in [3.8, 4) is 0 Å². The van der Waals surface area contributed by atoms with Crippen LogP contribution in [-0.4, -0.2) is 34.9 Å². The van der Waals surface area contributed by atoms with Crippen molar-refractivity contribution in [3.63, 3.8) is 0 Å². The number of aliphatic hydroxyl groups is 2. The van der Waals surface area contributed by atoms with Crippen LogP contribution in [0.15, 0.2) is 36.5 Å². The molecule has 0 saturated heterocycles. The summed E-state index contributed by atoms with van der Waals surface area (Å²) in [5.74, 6) is -0.0880. The number of nitrogens with one attached hydrogen (secondary N) is 1. The molecule has 1 amide bonds. The number of carbonyl (C=O) groups is 1. The van der Waals surface area contributed by atoms with Crippen LogP contribution in [0.2, 0.25) is 0 Å². The number of hydrogen-bond acceptors (Lipinski definition) is 3. The monoisotopic (exact) mass is 702 g/mol. The molecule has 50 heavy (non-hydrogen) atoms. The van der Waals surface area contributed by atoms with Gasteiger partial charge in [0.15, 0.2) is 0 Å². The van der Waals surface area contributed by atoms with Crippen LogP contribution >= 0.6 is 0 Å². The Morgan fingerprint density at radius 3 is 1.16 bits per heavy atom. The molecule has 0 aromatic carbocycles. The number of hydrogen-bond donors (Lipinski definition) is 3. The molecule has 0 bridgehead atoms. The zero-order valence-electron chi connectivity index (χ0n) is 33.7. The summed E-state index contributed by atoms with van der Waals surface area (Å²) in [6.45, 7) is 4.23. The van der Waals surface area contributed by atoms with Gasteiger partial charge in [-0.2, -0.15) is 0 Å². The summed E-state index contributed by atoms with van der Waals surface area (Å²) in [4.78, 5) is 12.2. The molecule has 2 unspecified atom stereocenters. The predicted molar refractivity (Wildman–Crippen MR) is 221 cm³/mol. The predicted octanol–water partition coefficient (Wildman–Crippen LogP) is 13.8. The van der Waals surface area contributed by atoms with E-state index in [2.05, 4.69) is 43.5 Å². The second-order valence-corrected chi connectivity index (χ2v) is 15.1. The van der Waals surface area contributed by atoms with Gasteiger partial charge in [0.1, 0.15) is 0 Å². The summed E-state index contributed by atoms with van der Waals surface area (Å²) >= 11 is 0. The van der Waals surface area contributed by atoms with Crippen LogP contribution in [0.5, 0.6) is 0 Å². The van der Waals surface area contributed by atoms with Gasteiger partial charge in [-0.3, -0.25) is 4.79 Å². The molecule has 0 aliphatic carbocycles. The van der Waals surface area contributed by atoms with Crippen molar-refractivity contribution in [2.24, 2.45) is 0 Å². The third kappa shape index (κ3) is 37.9. The largest absolute Gasteiger partial charge is 0.394 e. The van der Waals surface area contributed by atoms with E-state index in [9.17, 15) is 15.0 Å². The number of carbonyl (C=O) groups excluding carboxylic acids is 1. The highest BCUT2D eigenvalue weighted by Gasteiger charge is 2.17. The highest BCUT2D eigenvalue weighted by molar-refractivity contribution is 5.76. The van der Waals surface area contributed by atoms with Crippen LogP contribution in [0.25, 0.3) is 0 Å². The van der Waals surface area contributed by atoms with Gasteiger partial charge in [-0.15, -0.1) is 0 Å². The fourth-order valence-corrected chi connectivity index (χ4v) is 6.68. The molecule has 0 aliphatic rings. The minimum absolute atomic E-state index is 0.0880. The molecule has 0 radical (unpaired) electrons. The van der Waals surface area contributed by atoms with E-state index in [1.807, 2.05) is 6.08 Å². The Kier molecular flexibility index (Phi) is 40.9. The Balaban J connectivity index is 3.47. The molecule has 3 N–H and O–H groups in total. The third-order valence-electron chi connectivity index (χ3n) is 10.1. The van der Waals surface area contributed by atoms with E-state index in [0.717, 1.165) is 38.5 Å². The number of aliphatic hydroxyl groups excluding tert-OH is 2. The lowest BCUT2D eigenvalue weighted by Crippen LogP contribution is -2.45. The molecule has 294 valence electrons. The topological polar surface area (TPSA) is 69.6 Å². The number of rotatable bonds is 40. The Hall–Kier alpha value is -1.39. The van der Waals surface area contributed by atoms with Crippen molar-refractivity contribution < 1.29 is 15.0 Å². The number of unbranched alkanes of at least 4 members (excludes halogenated alkanes) is 29. The zero-order chi connectivity index (χ0) is 36.4. The first kappa shape index (κ1) is 48.6. The second kappa shape index (κ2) is 42.0. The van der Waals surface area contributed by atoms with E-state index in [1.165, 1.54) is 173 Å². The molecule has 0 rings (SSSR count). The van der Waals surface area contributed by atoms with Crippen LogP contribution in [0.4, 0.5) is 0 Å². The summed E-state index contributed by atoms with van der Waals surface area (Å²) in [5.41, 5.74) is 0. The summed E-state index contributed by atoms with van der Waals surface area (Å²) < 4.78 is 0. The molecule has 0 aromatic rings. The second-order valence-electron chi connectivity index (χ2n) is 15.1. The van der Waals surface area contributed by atoms with Crippen LogP contribution in [0.3, 0.4) is 0 Å². The maximum absolute atomic E-state index is 12.2. The standard InChI is InChI=1S/C46H87NO3/c1-3-5-7-9-11-12-13-14-15-16-17-18-19-20-21-22-23-24-25-26-27-28-29-30-31-32-33-34-35-36-37-39-41-45(49)44(43-48)47-46(50)42-40-38-10-8-6-4-2/h30-31,34-35,39,41,44-45,48-49H,3-29,32-33,36-38,40,42-43H2,1-2H3,(H,47,50)/b31-30+,35-34+,41-39+. The molecule has 0 spiro atoms. The summed E-state index contributed by atoms with van der Waals surface area (Å²) in [6.07, 6.45) is 55.9. The Bertz CT molecular complexity index is 760. The molecule has 0 fully saturated rings. The Morgan fingerprint density at radius 2 is 0.780 bits per heavy atom. The summed E-state index contributed by atoms with van der Waals surface area (Å²) in [6, 6.07) is -0.639. The Labute approximate surface area is 312 Å². The smallest absolute Gasteiger partial charge is 0.220 e. The van der Waals surface area contributed by atoms with Gasteiger partial charge in [0.2, 0.25) is 5.91 Å². The number of amides is 1. The van der Waals surface area contributed by atoms with Gasteiger partial charge < -0.3 is 15.5 Å². The van der Waals surface area contributed by atoms with Crippen LogP contribution in [0, 0.1) is 0 Å². The van der Waals surface area contributed by atoms with E-state index >= 15 is 0 Å². The molecule has 4 heteroatoms. The highest BCUT2D eigenvalue weighted by atomic mass is 16.3. The van der Waals surface area contributed by atoms with E-state index in [-0.39, 0.29) is 12.5 Å². The lowest BCUT2D eigenvalue weighted by atomic mass is 10.0. The van der Waals surface area contributed by atoms with E-state index in [1.54, 1.807) is 6.08 Å². The minimum Gasteiger partial charge on any atom is -0.394 e. The van der Waals surface area contributed by atoms with Crippen molar-refractivity contribution in [2.75, 3.05) is 6.61 Å². The maximum atomic E-state index is 12.2. The lowest BCUT2D eigenvalue weighted by molar-refractivity contribution is -0.123. The first-order valence-electron chi connectivity index (χ1n) is 22.2. The van der Waals surface area contributed by atoms with Crippen molar-refractivity contribution in [2.45, 2.75) is 244 Å². The highest BCUT2D eigenvalue weighted by Crippen LogP contribution is 2.16. The van der Waals surface area contributed by atoms with Crippen LogP contribution < -0.4 is 5.32 Å². The van der Waals surface area contributed by atoms with Crippen LogP contribution in [0.1, 0.15) is 232 Å².